The summed E-state index contributed by atoms with van der Waals surface area (Å²) in [6, 6.07) is 16.3. The number of hydrogen-bond acceptors (Lipinski definition) is 6. The van der Waals surface area contributed by atoms with E-state index in [1.165, 1.54) is 43.5 Å². The molecule has 1 atom stereocenters. The summed E-state index contributed by atoms with van der Waals surface area (Å²) in [5, 5.41) is 3.33. The third-order valence-electron chi connectivity index (χ3n) is 5.45. The number of ether oxygens (including phenoxy) is 1. The first-order valence-electron chi connectivity index (χ1n) is 9.84. The van der Waals surface area contributed by atoms with E-state index in [-0.39, 0.29) is 27.8 Å². The normalized spacial score (nSPS) is 16.2. The molecule has 0 radical (unpaired) electrons. The minimum Gasteiger partial charge on any atom is -0.497 e. The van der Waals surface area contributed by atoms with Gasteiger partial charge in [0.25, 0.3) is 20.2 Å². The van der Waals surface area contributed by atoms with Crippen molar-refractivity contribution in [1.82, 2.24) is 5.32 Å². The molecule has 1 heterocycles. The molecular formula is C23H21NO7S2. The zero-order valence-electron chi connectivity index (χ0n) is 17.5. The molecule has 3 aromatic rings. The molecule has 0 fully saturated rings. The first kappa shape index (κ1) is 23.1. The Balaban J connectivity index is 1.77. The molecule has 1 aliphatic heterocycles. The van der Waals surface area contributed by atoms with Crippen molar-refractivity contribution >= 4 is 32.4 Å². The van der Waals surface area contributed by atoms with E-state index < -0.39 is 25.1 Å². The van der Waals surface area contributed by atoms with E-state index in [0.717, 1.165) is 17.2 Å². The van der Waals surface area contributed by atoms with Crippen molar-refractivity contribution in [3.63, 3.8) is 0 Å². The average molecular weight is 488 g/mol. The predicted molar refractivity (Wildman–Crippen MR) is 123 cm³/mol. The highest BCUT2D eigenvalue weighted by Gasteiger charge is 2.25. The van der Waals surface area contributed by atoms with Gasteiger partial charge in [0.1, 0.15) is 15.5 Å². The summed E-state index contributed by atoms with van der Waals surface area (Å²) >= 11 is 0. The molecule has 33 heavy (non-hydrogen) atoms. The summed E-state index contributed by atoms with van der Waals surface area (Å²) in [4.78, 5) is -0.709. The van der Waals surface area contributed by atoms with Gasteiger partial charge < -0.3 is 10.1 Å². The fraction of sp³-hybridized carbons (Fsp3) is 0.130. The molecule has 172 valence electrons. The Morgan fingerprint density at radius 2 is 1.48 bits per heavy atom. The van der Waals surface area contributed by atoms with Gasteiger partial charge in [-0.25, -0.2) is 0 Å². The maximum Gasteiger partial charge on any atom is 0.295 e. The summed E-state index contributed by atoms with van der Waals surface area (Å²) in [6.07, 6.45) is 2.70. The molecule has 0 saturated carbocycles. The van der Waals surface area contributed by atoms with Gasteiger partial charge in [-0.15, -0.1) is 0 Å². The highest BCUT2D eigenvalue weighted by Crippen LogP contribution is 2.33. The Labute approximate surface area is 192 Å². The Morgan fingerprint density at radius 3 is 2.12 bits per heavy atom. The average Bonchev–Trinajstić information content (AvgIpc) is 3.20. The summed E-state index contributed by atoms with van der Waals surface area (Å²) in [7, 11) is -7.79. The third-order valence-corrected chi connectivity index (χ3v) is 7.27. The third kappa shape index (κ3) is 4.85. The topological polar surface area (TPSA) is 130 Å². The lowest BCUT2D eigenvalue weighted by atomic mass is 9.97. The number of benzene rings is 3. The van der Waals surface area contributed by atoms with Crippen LogP contribution in [0.15, 0.2) is 70.5 Å². The molecule has 3 N–H and O–H groups in total. The van der Waals surface area contributed by atoms with Gasteiger partial charge in [0.2, 0.25) is 0 Å². The Bertz CT molecular complexity index is 1460. The summed E-state index contributed by atoms with van der Waals surface area (Å²) in [5.41, 5.74) is 3.07. The molecule has 3 aromatic carbocycles. The lowest BCUT2D eigenvalue weighted by molar-refractivity contribution is 0.412. The van der Waals surface area contributed by atoms with Gasteiger partial charge in [-0.05, 0) is 46.0 Å². The Morgan fingerprint density at radius 1 is 0.879 bits per heavy atom. The van der Waals surface area contributed by atoms with Gasteiger partial charge in [-0.2, -0.15) is 16.8 Å². The summed E-state index contributed by atoms with van der Waals surface area (Å²) < 4.78 is 72.2. The molecule has 0 amide bonds. The lowest BCUT2D eigenvalue weighted by Crippen LogP contribution is -2.14. The van der Waals surface area contributed by atoms with Crippen molar-refractivity contribution in [3.8, 4) is 5.75 Å². The van der Waals surface area contributed by atoms with Crippen molar-refractivity contribution < 1.29 is 30.7 Å². The maximum absolute atomic E-state index is 12.1. The highest BCUT2D eigenvalue weighted by atomic mass is 32.2. The fourth-order valence-corrected chi connectivity index (χ4v) is 5.29. The van der Waals surface area contributed by atoms with Crippen LogP contribution in [-0.4, -0.2) is 33.1 Å². The summed E-state index contributed by atoms with van der Waals surface area (Å²) in [5.74, 6) is 0.229. The lowest BCUT2D eigenvalue weighted by Gasteiger charge is -2.15. The number of fused-ring (bicyclic) bond motifs is 1. The van der Waals surface area contributed by atoms with Gasteiger partial charge in [0.05, 0.1) is 13.2 Å². The SMILES string of the molecule is COc1ccc(/C=C/c2ccc(C3NCc4ccccc43)cc2S(=O)(=O)O)c(S(=O)(=O)O)c1. The Kier molecular flexibility index (Phi) is 6.12. The van der Waals surface area contributed by atoms with Crippen molar-refractivity contribution in [2.24, 2.45) is 0 Å². The van der Waals surface area contributed by atoms with E-state index in [0.29, 0.717) is 12.1 Å². The molecule has 1 unspecified atom stereocenters. The highest BCUT2D eigenvalue weighted by molar-refractivity contribution is 7.86. The fourth-order valence-electron chi connectivity index (χ4n) is 3.87. The quantitative estimate of drug-likeness (QED) is 0.356. The van der Waals surface area contributed by atoms with E-state index >= 15 is 0 Å². The van der Waals surface area contributed by atoms with Crippen LogP contribution in [-0.2, 0) is 26.8 Å². The first-order valence-corrected chi connectivity index (χ1v) is 12.7. The molecule has 0 aliphatic carbocycles. The Hall–Kier alpha value is -3.02. The molecule has 0 aromatic heterocycles. The van der Waals surface area contributed by atoms with Crippen LogP contribution in [0.4, 0.5) is 0 Å². The van der Waals surface area contributed by atoms with Gasteiger partial charge in [0.15, 0.2) is 0 Å². The van der Waals surface area contributed by atoms with Crippen LogP contribution < -0.4 is 10.1 Å². The van der Waals surface area contributed by atoms with Crippen LogP contribution in [0.1, 0.15) is 33.9 Å². The van der Waals surface area contributed by atoms with Gasteiger partial charge in [-0.3, -0.25) is 9.11 Å². The largest absolute Gasteiger partial charge is 0.497 e. The molecule has 4 rings (SSSR count). The second-order valence-corrected chi connectivity index (χ2v) is 10.3. The van der Waals surface area contributed by atoms with E-state index in [2.05, 4.69) is 5.32 Å². The zero-order chi connectivity index (χ0) is 23.8. The van der Waals surface area contributed by atoms with Crippen molar-refractivity contribution in [2.45, 2.75) is 22.4 Å². The van der Waals surface area contributed by atoms with Crippen molar-refractivity contribution in [1.29, 1.82) is 0 Å². The van der Waals surface area contributed by atoms with Crippen molar-refractivity contribution in [3.05, 3.63) is 88.5 Å². The van der Waals surface area contributed by atoms with Crippen LogP contribution in [0, 0.1) is 0 Å². The molecular weight excluding hydrogens is 466 g/mol. The molecule has 10 heteroatoms. The molecule has 8 nitrogen and oxygen atoms in total. The molecule has 1 aliphatic rings. The van der Waals surface area contributed by atoms with E-state index in [1.807, 2.05) is 24.3 Å². The van der Waals surface area contributed by atoms with Gasteiger partial charge >= 0.3 is 0 Å². The number of rotatable bonds is 6. The molecule has 0 spiro atoms. The number of methoxy groups -OCH3 is 1. The van der Waals surface area contributed by atoms with Gasteiger partial charge in [-0.1, -0.05) is 48.6 Å². The molecule has 0 bridgehead atoms. The maximum atomic E-state index is 12.1. The second kappa shape index (κ2) is 8.73. The van der Waals surface area contributed by atoms with Gasteiger partial charge in [0, 0.05) is 12.6 Å². The van der Waals surface area contributed by atoms with E-state index in [4.69, 9.17) is 4.74 Å². The standard InChI is InChI=1S/C23H21NO7S2/c1-31-19-11-10-16(22(13-19)33(28,29)30)7-6-15-8-9-17(12-21(15)32(25,26)27)23-20-5-3-2-4-18(20)14-24-23/h2-13,23-24H,14H2,1H3,(H,25,26,27)(H,28,29,30)/b7-6+. The predicted octanol–water partition coefficient (Wildman–Crippen LogP) is 3.55. The molecule has 0 saturated heterocycles. The number of hydrogen-bond donors (Lipinski definition) is 3. The zero-order valence-corrected chi connectivity index (χ0v) is 19.1. The second-order valence-electron chi connectivity index (χ2n) is 7.50. The van der Waals surface area contributed by atoms with Crippen LogP contribution in [0.2, 0.25) is 0 Å². The van der Waals surface area contributed by atoms with Crippen LogP contribution >= 0.6 is 0 Å². The van der Waals surface area contributed by atoms with Crippen LogP contribution in [0.25, 0.3) is 12.2 Å². The van der Waals surface area contributed by atoms with Crippen LogP contribution in [0.5, 0.6) is 5.75 Å². The van der Waals surface area contributed by atoms with E-state index in [1.54, 1.807) is 6.07 Å². The minimum absolute atomic E-state index is 0.120. The van der Waals surface area contributed by atoms with E-state index in [9.17, 15) is 25.9 Å². The smallest absolute Gasteiger partial charge is 0.295 e. The van der Waals surface area contributed by atoms with Crippen molar-refractivity contribution in [2.75, 3.05) is 7.11 Å². The minimum atomic E-state index is -4.58. The first-order chi connectivity index (χ1) is 15.6. The van der Waals surface area contributed by atoms with Crippen LogP contribution in [0.3, 0.4) is 0 Å². The summed E-state index contributed by atoms with van der Waals surface area (Å²) in [6.45, 7) is 0.638. The monoisotopic (exact) mass is 487 g/mol. The number of nitrogens with one attached hydrogen (secondary N) is 1.